The Hall–Kier alpha value is -0.585. The van der Waals surface area contributed by atoms with Gasteiger partial charge in [0, 0.05) is 0 Å². The molecule has 2 atom stereocenters. The van der Waals surface area contributed by atoms with Crippen LogP contribution in [0.3, 0.4) is 0 Å². The van der Waals surface area contributed by atoms with Gasteiger partial charge in [-0.15, -0.1) is 0 Å². The molecule has 1 heterocycles. The van der Waals surface area contributed by atoms with E-state index >= 15 is 0 Å². The van der Waals surface area contributed by atoms with Crippen LogP contribution >= 0.6 is 0 Å². The molecule has 19 heavy (non-hydrogen) atoms. The Morgan fingerprint density at radius 2 is 1.68 bits per heavy atom. The molecule has 0 amide bonds. The van der Waals surface area contributed by atoms with Crippen molar-refractivity contribution in [1.82, 2.24) is 0 Å². The maximum absolute atomic E-state index is 4.31. The Morgan fingerprint density at radius 1 is 1.05 bits per heavy atom. The first-order valence-electron chi connectivity index (χ1n) is 7.58. The van der Waals surface area contributed by atoms with Crippen LogP contribution in [-0.4, -0.2) is 12.9 Å². The second kappa shape index (κ2) is 6.24. The normalized spacial score (nSPS) is 23.3. The summed E-state index contributed by atoms with van der Waals surface area (Å²) in [5.74, 6) is 5.90. The van der Waals surface area contributed by atoms with Crippen molar-refractivity contribution in [3.63, 3.8) is 0 Å². The van der Waals surface area contributed by atoms with Gasteiger partial charge < -0.3 is 0 Å². The van der Waals surface area contributed by atoms with Gasteiger partial charge in [-0.25, -0.2) is 0 Å². The van der Waals surface area contributed by atoms with Crippen molar-refractivity contribution >= 4 is 12.9 Å². The van der Waals surface area contributed by atoms with Crippen molar-refractivity contribution in [2.75, 3.05) is 0 Å². The van der Waals surface area contributed by atoms with E-state index in [4.69, 9.17) is 0 Å². The number of rotatable bonds is 4. The summed E-state index contributed by atoms with van der Waals surface area (Å²) in [6.07, 6.45) is 5.90. The van der Waals surface area contributed by atoms with Gasteiger partial charge >= 0.3 is 121 Å². The fourth-order valence-corrected chi connectivity index (χ4v) is 3.00. The maximum atomic E-state index is 4.31. The van der Waals surface area contributed by atoms with Gasteiger partial charge in [0.25, 0.3) is 0 Å². The molecule has 0 fully saturated rings. The van der Waals surface area contributed by atoms with Crippen molar-refractivity contribution < 1.29 is 0 Å². The summed E-state index contributed by atoms with van der Waals surface area (Å²) < 4.78 is 0. The van der Waals surface area contributed by atoms with Gasteiger partial charge in [-0.05, 0) is 0 Å². The Kier molecular flexibility index (Phi) is 5.41. The van der Waals surface area contributed by atoms with Crippen molar-refractivity contribution in [2.45, 2.75) is 60.8 Å². The summed E-state index contributed by atoms with van der Waals surface area (Å²) in [6.45, 7) is 20.4. The molecule has 1 aliphatic heterocycles. The van der Waals surface area contributed by atoms with Crippen molar-refractivity contribution in [1.29, 1.82) is 0 Å². The molecule has 0 nitrogen and oxygen atoms in total. The van der Waals surface area contributed by atoms with Crippen molar-refractivity contribution in [3.8, 4) is 0 Å². The Balaban J connectivity index is 2.62. The third-order valence-electron chi connectivity index (χ3n) is 3.53. The zero-order valence-corrected chi connectivity index (χ0v) is 13.8. The zero-order valence-electron chi connectivity index (χ0n) is 13.8. The van der Waals surface area contributed by atoms with Crippen LogP contribution in [-0.2, 0) is 0 Å². The average Bonchev–Trinajstić information content (AvgIpc) is 2.15. The van der Waals surface area contributed by atoms with E-state index in [2.05, 4.69) is 73.1 Å². The zero-order chi connectivity index (χ0) is 14.7. The first-order valence-corrected chi connectivity index (χ1v) is 7.58. The molecule has 0 saturated carbocycles. The van der Waals surface area contributed by atoms with E-state index < -0.39 is 0 Å². The van der Waals surface area contributed by atoms with Crippen LogP contribution in [0.4, 0.5) is 0 Å². The summed E-state index contributed by atoms with van der Waals surface area (Å²) in [6, 6.07) is 0. The summed E-state index contributed by atoms with van der Waals surface area (Å²) in [7, 11) is 0. The van der Waals surface area contributed by atoms with Crippen molar-refractivity contribution in [3.05, 3.63) is 24.2 Å². The number of hydrogen-bond acceptors (Lipinski definition) is 0. The number of hydrogen-bond donors (Lipinski definition) is 0. The summed E-state index contributed by atoms with van der Waals surface area (Å²) in [5.41, 5.74) is 2.14. The van der Waals surface area contributed by atoms with Gasteiger partial charge in [0.05, 0.1) is 0 Å². The van der Waals surface area contributed by atoms with E-state index in [0.29, 0.717) is 22.7 Å². The van der Waals surface area contributed by atoms with Crippen LogP contribution < -0.4 is 0 Å². The molecular weight excluding hydrogens is 227 g/mol. The fraction of sp³-hybridized carbons (Fsp3) is 0.722. The first-order chi connectivity index (χ1) is 8.57. The Bertz CT molecular complexity index is 360. The third kappa shape index (κ3) is 6.94. The van der Waals surface area contributed by atoms with E-state index in [0.717, 1.165) is 12.8 Å². The van der Waals surface area contributed by atoms with Crippen LogP contribution in [0.2, 0.25) is 0 Å². The molecule has 0 spiro atoms. The van der Waals surface area contributed by atoms with E-state index in [-0.39, 0.29) is 0 Å². The minimum absolute atomic E-state index is 0.352. The van der Waals surface area contributed by atoms with E-state index in [1.807, 2.05) is 0 Å². The molecule has 0 radical (unpaired) electrons. The Morgan fingerprint density at radius 3 is 2.21 bits per heavy atom. The van der Waals surface area contributed by atoms with E-state index in [9.17, 15) is 0 Å². The molecular formula is C18H31B. The van der Waals surface area contributed by atoms with Crippen LogP contribution in [0.25, 0.3) is 0 Å². The molecule has 106 valence electrons. The fourth-order valence-electron chi connectivity index (χ4n) is 3.00. The average molecular weight is 258 g/mol. The van der Waals surface area contributed by atoms with Gasteiger partial charge in [-0.1, -0.05) is 0 Å². The molecule has 0 N–H and O–H groups in total. The van der Waals surface area contributed by atoms with E-state index in [1.165, 1.54) is 12.0 Å². The van der Waals surface area contributed by atoms with Crippen LogP contribution in [0.5, 0.6) is 0 Å². The van der Waals surface area contributed by atoms with Crippen molar-refractivity contribution in [2.24, 2.45) is 22.7 Å². The third-order valence-corrected chi connectivity index (χ3v) is 3.53. The van der Waals surface area contributed by atoms with Crippen LogP contribution in [0, 0.1) is 22.7 Å². The Labute approximate surface area is 121 Å². The van der Waals surface area contributed by atoms with Gasteiger partial charge in [0.2, 0.25) is 0 Å². The van der Waals surface area contributed by atoms with E-state index in [1.54, 1.807) is 0 Å². The molecule has 0 saturated heterocycles. The standard InChI is InChI=1S/C18H31B/c1-14(11-17(2,3)4)10-15-8-9-19-13-16(15)12-18(5,6)7/h8-9,13,15-16H,1,10-12H2,2-7H3. The predicted octanol–water partition coefficient (Wildman–Crippen LogP) is 5.07. The summed E-state index contributed by atoms with van der Waals surface area (Å²) in [4.78, 5) is 0. The molecule has 0 aromatic rings. The predicted molar refractivity (Wildman–Crippen MR) is 89.8 cm³/mol. The van der Waals surface area contributed by atoms with Gasteiger partial charge in [0.1, 0.15) is 0 Å². The minimum atomic E-state index is 0.352. The first kappa shape index (κ1) is 16.5. The van der Waals surface area contributed by atoms with Gasteiger partial charge in [0.15, 0.2) is 0 Å². The molecule has 0 aromatic heterocycles. The molecule has 0 aliphatic carbocycles. The second-order valence-corrected chi connectivity index (χ2v) is 8.55. The SMILES string of the molecule is C=C(CC1C=CB=CC1CC(C)(C)C)CC(C)(C)C. The van der Waals surface area contributed by atoms with Crippen LogP contribution in [0.15, 0.2) is 24.2 Å². The summed E-state index contributed by atoms with van der Waals surface area (Å²) in [5, 5.41) is 0. The molecule has 1 aliphatic rings. The quantitative estimate of drug-likeness (QED) is 0.487. The molecule has 2 unspecified atom stereocenters. The second-order valence-electron chi connectivity index (χ2n) is 8.55. The molecule has 0 bridgehead atoms. The van der Waals surface area contributed by atoms with Crippen LogP contribution in [0.1, 0.15) is 60.8 Å². The molecule has 1 rings (SSSR count). The molecule has 0 aromatic carbocycles. The van der Waals surface area contributed by atoms with Gasteiger partial charge in [-0.2, -0.15) is 0 Å². The number of allylic oxidation sites excluding steroid dienone is 2. The topological polar surface area (TPSA) is 0 Å². The summed E-state index contributed by atoms with van der Waals surface area (Å²) >= 11 is 0. The molecule has 1 heteroatoms. The van der Waals surface area contributed by atoms with Gasteiger partial charge in [-0.3, -0.25) is 0 Å². The monoisotopic (exact) mass is 258 g/mol.